The monoisotopic (exact) mass is 296 g/mol. The van der Waals surface area contributed by atoms with E-state index in [1.165, 1.54) is 42.1 Å². The van der Waals surface area contributed by atoms with E-state index in [2.05, 4.69) is 0 Å². The Labute approximate surface area is 117 Å². The highest BCUT2D eigenvalue weighted by molar-refractivity contribution is 8.03. The summed E-state index contributed by atoms with van der Waals surface area (Å²) in [5.74, 6) is -1.14. The van der Waals surface area contributed by atoms with Crippen LogP contribution in [0.15, 0.2) is 56.6 Å². The van der Waals surface area contributed by atoms with Crippen LogP contribution in [0.5, 0.6) is 0 Å². The fourth-order valence-electron chi connectivity index (χ4n) is 1.98. The van der Waals surface area contributed by atoms with Crippen molar-refractivity contribution in [3.8, 4) is 0 Å². The average Bonchev–Trinajstić information content (AvgIpc) is 2.46. The summed E-state index contributed by atoms with van der Waals surface area (Å²) in [6.07, 6.45) is 2.92. The van der Waals surface area contributed by atoms with E-state index in [0.717, 1.165) is 0 Å². The number of hydrogen-bond acceptors (Lipinski definition) is 2. The van der Waals surface area contributed by atoms with Crippen LogP contribution in [0.2, 0.25) is 0 Å². The molecule has 0 amide bonds. The van der Waals surface area contributed by atoms with Gasteiger partial charge in [0.05, 0.1) is 5.03 Å². The molecule has 1 nitrogen and oxygen atoms in total. The van der Waals surface area contributed by atoms with Crippen molar-refractivity contribution in [2.45, 2.75) is 11.3 Å². The molecule has 0 saturated heterocycles. The zero-order valence-corrected chi connectivity index (χ0v) is 11.1. The van der Waals surface area contributed by atoms with Gasteiger partial charge < -0.3 is 0 Å². The highest BCUT2D eigenvalue weighted by atomic mass is 35.5. The third-order valence-electron chi connectivity index (χ3n) is 2.91. The van der Waals surface area contributed by atoms with Crippen LogP contribution < -0.4 is 0 Å². The van der Waals surface area contributed by atoms with E-state index in [1.807, 2.05) is 0 Å². The summed E-state index contributed by atoms with van der Waals surface area (Å²) >= 11 is 6.95. The Kier molecular flexibility index (Phi) is 3.07. The lowest BCUT2D eigenvalue weighted by molar-refractivity contribution is 0.104. The average molecular weight is 297 g/mol. The molecule has 3 rings (SSSR count). The van der Waals surface area contributed by atoms with Crippen LogP contribution in [0.25, 0.3) is 0 Å². The summed E-state index contributed by atoms with van der Waals surface area (Å²) in [5.41, 5.74) is 1.09. The fraction of sp³-hybridized carbons (Fsp3) is 0.0714. The van der Waals surface area contributed by atoms with Crippen LogP contribution >= 0.6 is 23.4 Å². The normalized spacial score (nSPS) is 18.4. The number of carbonyl (C=O) groups is 1. The van der Waals surface area contributed by atoms with Crippen molar-refractivity contribution in [3.05, 3.63) is 63.1 Å². The van der Waals surface area contributed by atoms with Gasteiger partial charge in [0.25, 0.3) is 0 Å². The Morgan fingerprint density at radius 3 is 2.79 bits per heavy atom. The lowest BCUT2D eigenvalue weighted by atomic mass is 10.0. The molecule has 0 N–H and O–H groups in total. The van der Waals surface area contributed by atoms with Crippen molar-refractivity contribution in [2.75, 3.05) is 0 Å². The van der Waals surface area contributed by atoms with Gasteiger partial charge in [-0.05, 0) is 35.9 Å². The predicted octanol–water partition coefficient (Wildman–Crippen LogP) is 4.75. The van der Waals surface area contributed by atoms with Gasteiger partial charge >= 0.3 is 0 Å². The summed E-state index contributed by atoms with van der Waals surface area (Å²) in [6, 6.07) is 3.97. The number of rotatable bonds is 0. The van der Waals surface area contributed by atoms with E-state index in [1.54, 1.807) is 0 Å². The predicted molar refractivity (Wildman–Crippen MR) is 71.4 cm³/mol. The topological polar surface area (TPSA) is 17.1 Å². The van der Waals surface area contributed by atoms with Crippen LogP contribution in [0.4, 0.5) is 8.78 Å². The van der Waals surface area contributed by atoms with Crippen LogP contribution in [-0.4, -0.2) is 5.78 Å². The standard InChI is InChI=1S/C14H7ClF2OS/c15-10-3-7-4-12(18)9-2-1-8(16)5-14(9)19-13(7)6-11(10)17/h1-2,4-6H,3H2. The van der Waals surface area contributed by atoms with Gasteiger partial charge in [-0.25, -0.2) is 8.78 Å². The van der Waals surface area contributed by atoms with Gasteiger partial charge in [-0.3, -0.25) is 4.79 Å². The second kappa shape index (κ2) is 4.62. The molecule has 0 spiro atoms. The molecule has 0 unspecified atom stereocenters. The second-order valence-corrected chi connectivity index (χ2v) is 5.75. The molecule has 1 heterocycles. The molecule has 0 atom stereocenters. The number of thioether (sulfide) groups is 1. The van der Waals surface area contributed by atoms with Crippen LogP contribution in [0.1, 0.15) is 16.8 Å². The Balaban J connectivity index is 2.15. The molecule has 0 fully saturated rings. The molecule has 0 radical (unpaired) electrons. The molecule has 19 heavy (non-hydrogen) atoms. The number of carbonyl (C=O) groups excluding carboxylic acids is 1. The fourth-order valence-corrected chi connectivity index (χ4v) is 3.29. The minimum Gasteiger partial charge on any atom is -0.289 e. The minimum absolute atomic E-state index is 0.0838. The molecule has 1 aromatic rings. The van der Waals surface area contributed by atoms with Gasteiger partial charge in [0.2, 0.25) is 0 Å². The van der Waals surface area contributed by atoms with Gasteiger partial charge in [-0.15, -0.1) is 0 Å². The van der Waals surface area contributed by atoms with Gasteiger partial charge in [0.15, 0.2) is 5.78 Å². The lowest BCUT2D eigenvalue weighted by Gasteiger charge is -2.14. The largest absolute Gasteiger partial charge is 0.289 e. The highest BCUT2D eigenvalue weighted by Gasteiger charge is 2.24. The van der Waals surface area contributed by atoms with Crippen molar-refractivity contribution in [1.82, 2.24) is 0 Å². The first kappa shape index (κ1) is 12.6. The SMILES string of the molecule is O=C1C=C2CC(Cl)=C(F)C=C2Sc2cc(F)ccc21. The molecule has 5 heteroatoms. The smallest absolute Gasteiger partial charge is 0.187 e. The Morgan fingerprint density at radius 2 is 2.00 bits per heavy atom. The molecule has 0 bridgehead atoms. The van der Waals surface area contributed by atoms with Crippen LogP contribution in [0.3, 0.4) is 0 Å². The van der Waals surface area contributed by atoms with Crippen LogP contribution in [0, 0.1) is 5.82 Å². The Bertz CT molecular complexity index is 689. The molecular formula is C14H7ClF2OS. The van der Waals surface area contributed by atoms with Crippen molar-refractivity contribution in [1.29, 1.82) is 0 Å². The van der Waals surface area contributed by atoms with E-state index in [0.29, 0.717) is 20.9 Å². The quantitative estimate of drug-likeness (QED) is 0.687. The Hall–Kier alpha value is -1.39. The van der Waals surface area contributed by atoms with Gasteiger partial charge in [0.1, 0.15) is 11.6 Å². The van der Waals surface area contributed by atoms with Gasteiger partial charge in [-0.2, -0.15) is 0 Å². The number of hydrogen-bond donors (Lipinski definition) is 0. The molecular weight excluding hydrogens is 290 g/mol. The maximum atomic E-state index is 13.5. The lowest BCUT2D eigenvalue weighted by Crippen LogP contribution is -1.98. The molecule has 1 aromatic carbocycles. The summed E-state index contributed by atoms with van der Waals surface area (Å²) in [7, 11) is 0. The summed E-state index contributed by atoms with van der Waals surface area (Å²) in [4.78, 5) is 13.2. The first-order valence-corrected chi connectivity index (χ1v) is 6.72. The number of benzene rings is 1. The summed E-state index contributed by atoms with van der Waals surface area (Å²) < 4.78 is 26.8. The third kappa shape index (κ3) is 2.26. The number of halogens is 3. The zero-order chi connectivity index (χ0) is 13.6. The van der Waals surface area contributed by atoms with E-state index in [9.17, 15) is 13.6 Å². The first-order chi connectivity index (χ1) is 9.04. The highest BCUT2D eigenvalue weighted by Crippen LogP contribution is 2.44. The van der Waals surface area contributed by atoms with Crippen molar-refractivity contribution in [2.24, 2.45) is 0 Å². The van der Waals surface area contributed by atoms with E-state index in [4.69, 9.17) is 11.6 Å². The van der Waals surface area contributed by atoms with Gasteiger partial charge in [0, 0.05) is 21.8 Å². The first-order valence-electron chi connectivity index (χ1n) is 5.53. The summed E-state index contributed by atoms with van der Waals surface area (Å²) in [6.45, 7) is 0. The maximum Gasteiger partial charge on any atom is 0.187 e. The van der Waals surface area contributed by atoms with Gasteiger partial charge in [-0.1, -0.05) is 23.4 Å². The third-order valence-corrected chi connectivity index (χ3v) is 4.39. The van der Waals surface area contributed by atoms with Crippen molar-refractivity contribution >= 4 is 29.1 Å². The molecule has 1 aliphatic heterocycles. The maximum absolute atomic E-state index is 13.5. The second-order valence-electron chi connectivity index (χ2n) is 4.21. The number of allylic oxidation sites excluding steroid dienone is 5. The summed E-state index contributed by atoms with van der Waals surface area (Å²) in [5, 5.41) is 0.0838. The van der Waals surface area contributed by atoms with E-state index < -0.39 is 11.6 Å². The van der Waals surface area contributed by atoms with E-state index >= 15 is 0 Å². The van der Waals surface area contributed by atoms with Crippen molar-refractivity contribution in [3.63, 3.8) is 0 Å². The molecule has 1 aliphatic carbocycles. The molecule has 0 saturated carbocycles. The Morgan fingerprint density at radius 1 is 1.21 bits per heavy atom. The molecule has 0 aromatic heterocycles. The number of ketones is 1. The van der Waals surface area contributed by atoms with E-state index in [-0.39, 0.29) is 17.2 Å². The number of fused-ring (bicyclic) bond motifs is 2. The molecule has 96 valence electrons. The minimum atomic E-state index is -0.506. The van der Waals surface area contributed by atoms with Crippen LogP contribution in [-0.2, 0) is 0 Å². The van der Waals surface area contributed by atoms with Crippen molar-refractivity contribution < 1.29 is 13.6 Å². The zero-order valence-electron chi connectivity index (χ0n) is 9.54. The molecule has 2 aliphatic rings.